The van der Waals surface area contributed by atoms with Crippen LogP contribution in [0, 0.1) is 11.7 Å². The van der Waals surface area contributed by atoms with Crippen LogP contribution in [0.5, 0.6) is 5.75 Å². The molecular formula is C24H37FN2O5S. The zero-order valence-electron chi connectivity index (χ0n) is 20.3. The summed E-state index contributed by atoms with van der Waals surface area (Å²) in [6, 6.07) is 4.37. The minimum absolute atomic E-state index is 0.0474. The second-order valence-corrected chi connectivity index (χ2v) is 12.4. The summed E-state index contributed by atoms with van der Waals surface area (Å²) in [7, 11) is -3.44. The third kappa shape index (κ3) is 7.06. The smallest absolute Gasteiger partial charge is 0.410 e. The van der Waals surface area contributed by atoms with Gasteiger partial charge in [-0.15, -0.1) is 0 Å². The van der Waals surface area contributed by atoms with Crippen molar-refractivity contribution in [2.24, 2.45) is 5.92 Å². The highest BCUT2D eigenvalue weighted by molar-refractivity contribution is 7.90. The second kappa shape index (κ2) is 10.2. The predicted octanol–water partition coefficient (Wildman–Crippen LogP) is 4.11. The lowest BCUT2D eigenvalue weighted by Crippen LogP contribution is -2.57. The van der Waals surface area contributed by atoms with Gasteiger partial charge in [0.15, 0.2) is 21.4 Å². The minimum atomic E-state index is -3.44. The Kier molecular flexibility index (Phi) is 7.94. The van der Waals surface area contributed by atoms with Gasteiger partial charge in [-0.2, -0.15) is 0 Å². The molecule has 1 heterocycles. The highest BCUT2D eigenvalue weighted by Crippen LogP contribution is 2.30. The quantitative estimate of drug-likeness (QED) is 0.626. The summed E-state index contributed by atoms with van der Waals surface area (Å²) in [4.78, 5) is 16.7. The first-order chi connectivity index (χ1) is 15.3. The van der Waals surface area contributed by atoms with Crippen LogP contribution in [-0.2, 0) is 14.6 Å². The van der Waals surface area contributed by atoms with E-state index in [9.17, 15) is 17.6 Å². The predicted molar refractivity (Wildman–Crippen MR) is 125 cm³/mol. The summed E-state index contributed by atoms with van der Waals surface area (Å²) in [5.41, 5.74) is -0.493. The fourth-order valence-corrected chi connectivity index (χ4v) is 5.26. The van der Waals surface area contributed by atoms with E-state index < -0.39 is 21.3 Å². The normalized spacial score (nSPS) is 25.0. The van der Waals surface area contributed by atoms with Crippen molar-refractivity contribution in [1.82, 2.24) is 9.80 Å². The van der Waals surface area contributed by atoms with Crippen LogP contribution in [0.2, 0.25) is 0 Å². The third-order valence-corrected chi connectivity index (χ3v) is 7.54. The van der Waals surface area contributed by atoms with Crippen LogP contribution in [0.15, 0.2) is 23.1 Å². The SMILES string of the molecule is C[C@H]1CN([C@H]2CC[C@H](COc3ccc(S(C)(=O)=O)cc3F)CC2)CCN1C(=O)OC(C)(C)C. The Hall–Kier alpha value is -1.87. The van der Waals surface area contributed by atoms with E-state index in [0.29, 0.717) is 25.1 Å². The van der Waals surface area contributed by atoms with Gasteiger partial charge in [0.1, 0.15) is 5.60 Å². The minimum Gasteiger partial charge on any atom is -0.490 e. The van der Waals surface area contributed by atoms with Gasteiger partial charge in [-0.05, 0) is 77.5 Å². The van der Waals surface area contributed by atoms with E-state index in [1.807, 2.05) is 25.7 Å². The lowest BCUT2D eigenvalue weighted by Gasteiger charge is -2.45. The fourth-order valence-electron chi connectivity index (χ4n) is 4.62. The van der Waals surface area contributed by atoms with Crippen molar-refractivity contribution in [2.75, 3.05) is 32.5 Å². The van der Waals surface area contributed by atoms with E-state index in [0.717, 1.165) is 51.1 Å². The largest absolute Gasteiger partial charge is 0.490 e. The van der Waals surface area contributed by atoms with E-state index in [2.05, 4.69) is 11.8 Å². The molecule has 1 saturated heterocycles. The molecule has 1 amide bonds. The summed E-state index contributed by atoms with van der Waals surface area (Å²) in [6.07, 6.45) is 4.89. The highest BCUT2D eigenvalue weighted by atomic mass is 32.2. The van der Waals surface area contributed by atoms with Crippen LogP contribution in [-0.4, -0.2) is 74.5 Å². The molecule has 0 aromatic heterocycles. The average Bonchev–Trinajstić information content (AvgIpc) is 2.71. The molecule has 1 aliphatic heterocycles. The molecule has 186 valence electrons. The van der Waals surface area contributed by atoms with Crippen LogP contribution in [0.1, 0.15) is 53.4 Å². The number of piperazine rings is 1. The molecule has 7 nitrogen and oxygen atoms in total. The maximum atomic E-state index is 14.2. The van der Waals surface area contributed by atoms with Crippen molar-refractivity contribution in [3.8, 4) is 5.75 Å². The number of hydrogen-bond donors (Lipinski definition) is 0. The van der Waals surface area contributed by atoms with Gasteiger partial charge in [-0.3, -0.25) is 4.90 Å². The van der Waals surface area contributed by atoms with E-state index >= 15 is 0 Å². The van der Waals surface area contributed by atoms with E-state index in [1.165, 1.54) is 12.1 Å². The summed E-state index contributed by atoms with van der Waals surface area (Å²) in [6.45, 7) is 10.5. The number of carbonyl (C=O) groups excluding carboxylic acids is 1. The van der Waals surface area contributed by atoms with E-state index in [-0.39, 0.29) is 22.8 Å². The number of ether oxygens (including phenoxy) is 2. The first-order valence-electron chi connectivity index (χ1n) is 11.7. The molecule has 2 fully saturated rings. The topological polar surface area (TPSA) is 76.2 Å². The number of rotatable bonds is 5. The first-order valence-corrected chi connectivity index (χ1v) is 13.6. The van der Waals surface area contributed by atoms with Crippen LogP contribution in [0.3, 0.4) is 0 Å². The van der Waals surface area contributed by atoms with E-state index in [4.69, 9.17) is 9.47 Å². The van der Waals surface area contributed by atoms with Gasteiger partial charge in [-0.25, -0.2) is 17.6 Å². The Morgan fingerprint density at radius 1 is 1.15 bits per heavy atom. The first kappa shape index (κ1) is 25.7. The van der Waals surface area contributed by atoms with Crippen LogP contribution < -0.4 is 4.74 Å². The Morgan fingerprint density at radius 2 is 1.82 bits per heavy atom. The standard InChI is InChI=1S/C24H37FN2O5S/c1-17-15-26(12-13-27(17)23(28)32-24(2,3)4)19-8-6-18(7-9-19)16-31-22-11-10-20(14-21(22)25)33(5,29)30/h10-11,14,17-19H,6-9,12-13,15-16H2,1-5H3/t17-,18-,19-/m0/s1. The zero-order valence-corrected chi connectivity index (χ0v) is 21.2. The monoisotopic (exact) mass is 484 g/mol. The van der Waals surface area contributed by atoms with Gasteiger partial charge in [-0.1, -0.05) is 0 Å². The Morgan fingerprint density at radius 3 is 2.36 bits per heavy atom. The third-order valence-electron chi connectivity index (χ3n) is 6.43. The molecule has 1 atom stereocenters. The molecular weight excluding hydrogens is 447 g/mol. The molecule has 1 aromatic carbocycles. The zero-order chi connectivity index (χ0) is 24.4. The Bertz CT molecular complexity index is 939. The number of halogens is 1. The maximum absolute atomic E-state index is 14.2. The molecule has 0 unspecified atom stereocenters. The number of carbonyl (C=O) groups is 1. The second-order valence-electron chi connectivity index (χ2n) is 10.4. The summed E-state index contributed by atoms with van der Waals surface area (Å²) in [5.74, 6) is -0.212. The van der Waals surface area contributed by atoms with Crippen LogP contribution in [0.25, 0.3) is 0 Å². The van der Waals surface area contributed by atoms with Gasteiger partial charge in [0.2, 0.25) is 0 Å². The molecule has 0 bridgehead atoms. The summed E-state index contributed by atoms with van der Waals surface area (Å²) in [5, 5.41) is 0. The number of sulfone groups is 1. The van der Waals surface area contributed by atoms with Crippen LogP contribution >= 0.6 is 0 Å². The average molecular weight is 485 g/mol. The lowest BCUT2D eigenvalue weighted by molar-refractivity contribution is -0.00904. The van der Waals surface area contributed by atoms with Gasteiger partial charge in [0.25, 0.3) is 0 Å². The number of hydrogen-bond acceptors (Lipinski definition) is 6. The molecule has 0 N–H and O–H groups in total. The highest BCUT2D eigenvalue weighted by Gasteiger charge is 2.34. The molecule has 33 heavy (non-hydrogen) atoms. The summed E-state index contributed by atoms with van der Waals surface area (Å²) < 4.78 is 48.5. The summed E-state index contributed by atoms with van der Waals surface area (Å²) >= 11 is 0. The van der Waals surface area contributed by atoms with Crippen LogP contribution in [0.4, 0.5) is 9.18 Å². The van der Waals surface area contributed by atoms with Crippen molar-refractivity contribution in [3.05, 3.63) is 24.0 Å². The number of benzene rings is 1. The molecule has 1 aromatic rings. The van der Waals surface area contributed by atoms with Crippen molar-refractivity contribution < 1.29 is 27.1 Å². The van der Waals surface area contributed by atoms with Gasteiger partial charge >= 0.3 is 6.09 Å². The number of amides is 1. The molecule has 3 rings (SSSR count). The molecule has 1 aliphatic carbocycles. The Labute approximate surface area is 197 Å². The van der Waals surface area contributed by atoms with Gasteiger partial charge in [0, 0.05) is 38.0 Å². The van der Waals surface area contributed by atoms with Crippen molar-refractivity contribution >= 4 is 15.9 Å². The van der Waals surface area contributed by atoms with Crippen molar-refractivity contribution in [1.29, 1.82) is 0 Å². The van der Waals surface area contributed by atoms with Crippen molar-refractivity contribution in [3.63, 3.8) is 0 Å². The number of nitrogens with zero attached hydrogens (tertiary/aromatic N) is 2. The molecule has 2 aliphatic rings. The van der Waals surface area contributed by atoms with Gasteiger partial charge < -0.3 is 14.4 Å². The maximum Gasteiger partial charge on any atom is 0.410 e. The van der Waals surface area contributed by atoms with Crippen molar-refractivity contribution in [2.45, 2.75) is 76.0 Å². The fraction of sp³-hybridized carbons (Fsp3) is 0.708. The Balaban J connectivity index is 1.45. The van der Waals surface area contributed by atoms with E-state index in [1.54, 1.807) is 0 Å². The molecule has 0 radical (unpaired) electrons. The molecule has 0 spiro atoms. The molecule has 1 saturated carbocycles. The lowest BCUT2D eigenvalue weighted by atomic mass is 9.85. The molecule has 9 heteroatoms. The van der Waals surface area contributed by atoms with Gasteiger partial charge in [0.05, 0.1) is 11.5 Å².